The Balaban J connectivity index is 2.25. The molecule has 6 heteroatoms. The smallest absolute Gasteiger partial charge is 0.345 e. The number of ether oxygens (including phenoxy) is 4. The molecule has 0 saturated carbocycles. The van der Waals surface area contributed by atoms with Crippen molar-refractivity contribution in [2.24, 2.45) is 0 Å². The summed E-state index contributed by atoms with van der Waals surface area (Å²) in [6, 6.07) is 12.1. The number of benzene rings is 2. The molecule has 1 N–H and O–H groups in total. The van der Waals surface area contributed by atoms with E-state index < -0.39 is 12.1 Å². The van der Waals surface area contributed by atoms with Crippen LogP contribution in [0.15, 0.2) is 42.5 Å². The van der Waals surface area contributed by atoms with Crippen molar-refractivity contribution in [2.75, 3.05) is 21.3 Å². The van der Waals surface area contributed by atoms with Gasteiger partial charge in [0.05, 0.1) is 21.3 Å². The van der Waals surface area contributed by atoms with Gasteiger partial charge in [-0.25, -0.2) is 4.79 Å². The zero-order chi connectivity index (χ0) is 17.5. The Morgan fingerprint density at radius 1 is 0.958 bits per heavy atom. The van der Waals surface area contributed by atoms with Crippen molar-refractivity contribution in [3.63, 3.8) is 0 Å². The first-order valence-electron chi connectivity index (χ1n) is 7.32. The topological polar surface area (TPSA) is 74.2 Å². The lowest BCUT2D eigenvalue weighted by Gasteiger charge is -2.18. The lowest BCUT2D eigenvalue weighted by molar-refractivity contribution is -0.145. The van der Waals surface area contributed by atoms with Crippen LogP contribution in [0.3, 0.4) is 0 Å². The van der Waals surface area contributed by atoms with Gasteiger partial charge in [0.1, 0.15) is 11.5 Å². The number of carboxylic acids is 1. The number of aliphatic carboxylic acids is 1. The maximum absolute atomic E-state index is 11.6. The van der Waals surface area contributed by atoms with Gasteiger partial charge in [-0.3, -0.25) is 0 Å². The molecule has 0 unspecified atom stereocenters. The predicted octanol–water partition coefficient (Wildman–Crippen LogP) is 2.79. The minimum atomic E-state index is -1.08. The molecule has 24 heavy (non-hydrogen) atoms. The van der Waals surface area contributed by atoms with E-state index in [4.69, 9.17) is 18.9 Å². The fourth-order valence-corrected chi connectivity index (χ4v) is 2.27. The molecule has 0 radical (unpaired) electrons. The van der Waals surface area contributed by atoms with E-state index in [1.165, 1.54) is 14.2 Å². The molecule has 0 spiro atoms. The maximum atomic E-state index is 11.6. The summed E-state index contributed by atoms with van der Waals surface area (Å²) in [4.78, 5) is 11.6. The van der Waals surface area contributed by atoms with Crippen LogP contribution >= 0.6 is 0 Å². The Hall–Kier alpha value is -2.89. The first kappa shape index (κ1) is 17.5. The molecule has 0 saturated heterocycles. The summed E-state index contributed by atoms with van der Waals surface area (Å²) in [6.45, 7) is 0. The zero-order valence-electron chi connectivity index (χ0n) is 13.8. The molecule has 0 fully saturated rings. The first-order chi connectivity index (χ1) is 11.6. The molecule has 0 aliphatic heterocycles. The Morgan fingerprint density at radius 2 is 1.62 bits per heavy atom. The summed E-state index contributed by atoms with van der Waals surface area (Å²) in [5.74, 6) is 0.960. The summed E-state index contributed by atoms with van der Waals surface area (Å²) in [5, 5.41) is 9.49. The number of hydrogen-bond donors (Lipinski definition) is 1. The van der Waals surface area contributed by atoms with E-state index in [2.05, 4.69) is 0 Å². The SMILES string of the molecule is COc1ccc(C[C@@H](Oc2ccccc2OC)C(=O)O)c(OC)c1. The van der Waals surface area contributed by atoms with Gasteiger partial charge in [0.25, 0.3) is 0 Å². The third-order valence-electron chi connectivity index (χ3n) is 3.51. The van der Waals surface area contributed by atoms with E-state index in [0.717, 1.165) is 0 Å². The average molecular weight is 332 g/mol. The molecule has 2 aromatic rings. The first-order valence-corrected chi connectivity index (χ1v) is 7.32. The molecule has 0 bridgehead atoms. The van der Waals surface area contributed by atoms with Gasteiger partial charge in [0.15, 0.2) is 17.6 Å². The number of rotatable bonds is 8. The predicted molar refractivity (Wildman–Crippen MR) is 88.3 cm³/mol. The van der Waals surface area contributed by atoms with Crippen molar-refractivity contribution in [3.05, 3.63) is 48.0 Å². The van der Waals surface area contributed by atoms with Gasteiger partial charge < -0.3 is 24.1 Å². The molecule has 0 aliphatic carbocycles. The molecular weight excluding hydrogens is 312 g/mol. The number of carboxylic acid groups (broad SMARTS) is 1. The van der Waals surface area contributed by atoms with Crippen molar-refractivity contribution in [1.82, 2.24) is 0 Å². The molecule has 6 nitrogen and oxygen atoms in total. The summed E-state index contributed by atoms with van der Waals surface area (Å²) >= 11 is 0. The molecule has 2 rings (SSSR count). The van der Waals surface area contributed by atoms with Crippen molar-refractivity contribution >= 4 is 5.97 Å². The Morgan fingerprint density at radius 3 is 2.21 bits per heavy atom. The second-order valence-electron chi connectivity index (χ2n) is 4.98. The standard InChI is InChI=1S/C18H20O6/c1-21-13-9-8-12(16(11-13)23-3)10-17(18(19)20)24-15-7-5-4-6-14(15)22-2/h4-9,11,17H,10H2,1-3H3,(H,19,20)/t17-/m1/s1. The molecule has 0 aliphatic rings. The van der Waals surface area contributed by atoms with Crippen LogP contribution in [0.1, 0.15) is 5.56 Å². The second kappa shape index (κ2) is 8.10. The molecule has 1 atom stereocenters. The zero-order valence-corrected chi connectivity index (χ0v) is 13.8. The minimum Gasteiger partial charge on any atom is -0.497 e. The van der Waals surface area contributed by atoms with E-state index in [1.54, 1.807) is 49.6 Å². The van der Waals surface area contributed by atoms with Gasteiger partial charge in [0.2, 0.25) is 0 Å². The second-order valence-corrected chi connectivity index (χ2v) is 4.98. The number of carbonyl (C=O) groups is 1. The largest absolute Gasteiger partial charge is 0.497 e. The third-order valence-corrected chi connectivity index (χ3v) is 3.51. The van der Waals surface area contributed by atoms with Crippen molar-refractivity contribution in [3.8, 4) is 23.0 Å². The number of hydrogen-bond acceptors (Lipinski definition) is 5. The molecular formula is C18H20O6. The van der Waals surface area contributed by atoms with Crippen LogP contribution in [-0.4, -0.2) is 38.5 Å². The van der Waals surface area contributed by atoms with Crippen LogP contribution in [0.25, 0.3) is 0 Å². The molecule has 0 heterocycles. The quantitative estimate of drug-likeness (QED) is 0.801. The lowest BCUT2D eigenvalue weighted by atomic mass is 10.1. The van der Waals surface area contributed by atoms with Crippen LogP contribution in [0.5, 0.6) is 23.0 Å². The van der Waals surface area contributed by atoms with Gasteiger partial charge in [-0.15, -0.1) is 0 Å². The molecule has 0 amide bonds. The van der Waals surface area contributed by atoms with E-state index in [0.29, 0.717) is 28.6 Å². The molecule has 128 valence electrons. The fourth-order valence-electron chi connectivity index (χ4n) is 2.27. The highest BCUT2D eigenvalue weighted by atomic mass is 16.5. The van der Waals surface area contributed by atoms with Gasteiger partial charge in [-0.05, 0) is 23.8 Å². The fraction of sp³-hybridized carbons (Fsp3) is 0.278. The van der Waals surface area contributed by atoms with E-state index in [9.17, 15) is 9.90 Å². The lowest BCUT2D eigenvalue weighted by Crippen LogP contribution is -2.29. The van der Waals surface area contributed by atoms with Crippen LogP contribution in [0, 0.1) is 0 Å². The number of methoxy groups -OCH3 is 3. The van der Waals surface area contributed by atoms with Crippen LogP contribution < -0.4 is 18.9 Å². The Bertz CT molecular complexity index is 698. The normalized spacial score (nSPS) is 11.5. The van der Waals surface area contributed by atoms with Crippen molar-refractivity contribution < 1.29 is 28.8 Å². The van der Waals surface area contributed by atoms with Gasteiger partial charge in [0, 0.05) is 12.5 Å². The minimum absolute atomic E-state index is 0.139. The number of para-hydroxylation sites is 2. The maximum Gasteiger partial charge on any atom is 0.345 e. The van der Waals surface area contributed by atoms with E-state index in [-0.39, 0.29) is 6.42 Å². The highest BCUT2D eigenvalue weighted by molar-refractivity contribution is 5.73. The highest BCUT2D eigenvalue weighted by Crippen LogP contribution is 2.30. The summed E-state index contributed by atoms with van der Waals surface area (Å²) < 4.78 is 21.3. The van der Waals surface area contributed by atoms with E-state index in [1.807, 2.05) is 0 Å². The highest BCUT2D eigenvalue weighted by Gasteiger charge is 2.23. The van der Waals surface area contributed by atoms with Gasteiger partial charge >= 0.3 is 5.97 Å². The van der Waals surface area contributed by atoms with Gasteiger partial charge in [-0.2, -0.15) is 0 Å². The van der Waals surface area contributed by atoms with E-state index >= 15 is 0 Å². The van der Waals surface area contributed by atoms with Crippen LogP contribution in [0.4, 0.5) is 0 Å². The van der Waals surface area contributed by atoms with Crippen LogP contribution in [-0.2, 0) is 11.2 Å². The summed E-state index contributed by atoms with van der Waals surface area (Å²) in [6.07, 6.45) is -0.941. The van der Waals surface area contributed by atoms with Crippen LogP contribution in [0.2, 0.25) is 0 Å². The van der Waals surface area contributed by atoms with Crippen molar-refractivity contribution in [1.29, 1.82) is 0 Å². The Kier molecular flexibility index (Phi) is 5.89. The molecule has 2 aromatic carbocycles. The third kappa shape index (κ3) is 4.10. The monoisotopic (exact) mass is 332 g/mol. The Labute approximate surface area is 140 Å². The summed E-state index contributed by atoms with van der Waals surface area (Å²) in [5.41, 5.74) is 0.709. The van der Waals surface area contributed by atoms with Crippen molar-refractivity contribution in [2.45, 2.75) is 12.5 Å². The summed E-state index contributed by atoms with van der Waals surface area (Å²) in [7, 11) is 4.58. The average Bonchev–Trinajstić information content (AvgIpc) is 2.61. The molecule has 0 aromatic heterocycles. The van der Waals surface area contributed by atoms with Gasteiger partial charge in [-0.1, -0.05) is 18.2 Å².